The number of rotatable bonds is 5. The van der Waals surface area contributed by atoms with Gasteiger partial charge in [0.2, 0.25) is 0 Å². The molecule has 0 aromatic carbocycles. The maximum absolute atomic E-state index is 12.6. The zero-order chi connectivity index (χ0) is 14.7. The van der Waals surface area contributed by atoms with Gasteiger partial charge in [0.1, 0.15) is 0 Å². The summed E-state index contributed by atoms with van der Waals surface area (Å²) < 4.78 is 37.7. The Morgan fingerprint density at radius 1 is 1.05 bits per heavy atom. The SMILES string of the molecule is CN(C)CC(C)(C)CNC1CCC(C(F)(F)F)CC1. The number of alkyl halides is 3. The van der Waals surface area contributed by atoms with E-state index in [1.165, 1.54) is 0 Å². The van der Waals surface area contributed by atoms with Crippen LogP contribution in [0.15, 0.2) is 0 Å². The molecule has 1 N–H and O–H groups in total. The van der Waals surface area contributed by atoms with Crippen molar-refractivity contribution in [2.45, 2.75) is 51.7 Å². The maximum Gasteiger partial charge on any atom is 0.391 e. The molecule has 1 fully saturated rings. The molecule has 1 aliphatic rings. The summed E-state index contributed by atoms with van der Waals surface area (Å²) >= 11 is 0. The van der Waals surface area contributed by atoms with Crippen molar-refractivity contribution < 1.29 is 13.2 Å². The summed E-state index contributed by atoms with van der Waals surface area (Å²) in [6.45, 7) is 6.19. The van der Waals surface area contributed by atoms with Crippen LogP contribution >= 0.6 is 0 Å². The summed E-state index contributed by atoms with van der Waals surface area (Å²) in [6, 6.07) is 0.250. The van der Waals surface area contributed by atoms with E-state index < -0.39 is 12.1 Å². The standard InChI is InChI=1S/C14H27F3N2/c1-13(2,10-19(3)4)9-18-12-7-5-11(6-8-12)14(15,16)17/h11-12,18H,5-10H2,1-4H3. The monoisotopic (exact) mass is 280 g/mol. The predicted molar refractivity (Wildman–Crippen MR) is 72.1 cm³/mol. The van der Waals surface area contributed by atoms with Gasteiger partial charge >= 0.3 is 6.18 Å². The molecule has 1 rings (SSSR count). The van der Waals surface area contributed by atoms with E-state index in [-0.39, 0.29) is 24.3 Å². The van der Waals surface area contributed by atoms with Crippen molar-refractivity contribution >= 4 is 0 Å². The zero-order valence-corrected chi connectivity index (χ0v) is 12.5. The minimum absolute atomic E-state index is 0.143. The van der Waals surface area contributed by atoms with E-state index in [0.29, 0.717) is 12.8 Å². The van der Waals surface area contributed by atoms with E-state index in [2.05, 4.69) is 24.1 Å². The molecule has 0 spiro atoms. The highest BCUT2D eigenvalue weighted by Gasteiger charge is 2.41. The fourth-order valence-electron chi connectivity index (χ4n) is 2.96. The molecule has 1 aliphatic carbocycles. The second-order valence-corrected chi connectivity index (χ2v) is 6.87. The van der Waals surface area contributed by atoms with Crippen molar-refractivity contribution in [1.82, 2.24) is 10.2 Å². The largest absolute Gasteiger partial charge is 0.391 e. The van der Waals surface area contributed by atoms with Gasteiger partial charge in [-0.05, 0) is 45.2 Å². The van der Waals surface area contributed by atoms with Crippen LogP contribution in [0.1, 0.15) is 39.5 Å². The molecule has 0 saturated heterocycles. The van der Waals surface area contributed by atoms with Crippen molar-refractivity contribution in [2.24, 2.45) is 11.3 Å². The highest BCUT2D eigenvalue weighted by molar-refractivity contribution is 4.83. The third kappa shape index (κ3) is 6.13. The molecule has 0 unspecified atom stereocenters. The third-order valence-corrected chi connectivity index (χ3v) is 3.80. The Morgan fingerprint density at radius 2 is 1.58 bits per heavy atom. The summed E-state index contributed by atoms with van der Waals surface area (Å²) in [4.78, 5) is 2.14. The van der Waals surface area contributed by atoms with Crippen LogP contribution in [0.4, 0.5) is 13.2 Å². The summed E-state index contributed by atoms with van der Waals surface area (Å²) in [6.07, 6.45) is -2.18. The first-order valence-corrected chi connectivity index (χ1v) is 7.05. The summed E-state index contributed by atoms with van der Waals surface area (Å²) in [5.41, 5.74) is 0.143. The molecule has 1 saturated carbocycles. The molecule has 0 aromatic rings. The summed E-state index contributed by atoms with van der Waals surface area (Å²) in [5, 5.41) is 3.45. The Labute approximate surface area is 114 Å². The van der Waals surface area contributed by atoms with E-state index in [0.717, 1.165) is 13.1 Å². The molecule has 0 radical (unpaired) electrons. The van der Waals surface area contributed by atoms with E-state index in [1.807, 2.05) is 14.1 Å². The minimum atomic E-state index is -4.00. The highest BCUT2D eigenvalue weighted by atomic mass is 19.4. The van der Waals surface area contributed by atoms with Gasteiger partial charge in [0.25, 0.3) is 0 Å². The van der Waals surface area contributed by atoms with Gasteiger partial charge in [0.05, 0.1) is 5.92 Å². The third-order valence-electron chi connectivity index (χ3n) is 3.80. The zero-order valence-electron chi connectivity index (χ0n) is 12.5. The van der Waals surface area contributed by atoms with Crippen LogP contribution in [0.5, 0.6) is 0 Å². The number of halogens is 3. The maximum atomic E-state index is 12.6. The van der Waals surface area contributed by atoms with Gasteiger partial charge in [-0.1, -0.05) is 13.8 Å². The average Bonchev–Trinajstić information content (AvgIpc) is 2.24. The van der Waals surface area contributed by atoms with E-state index in [9.17, 15) is 13.2 Å². The van der Waals surface area contributed by atoms with Crippen LogP contribution in [0.2, 0.25) is 0 Å². The smallest absolute Gasteiger partial charge is 0.313 e. The summed E-state index contributed by atoms with van der Waals surface area (Å²) in [5.74, 6) is -1.08. The quantitative estimate of drug-likeness (QED) is 0.831. The predicted octanol–water partition coefficient (Wildman–Crippen LogP) is 3.28. The van der Waals surface area contributed by atoms with Gasteiger partial charge < -0.3 is 10.2 Å². The molecule has 114 valence electrons. The van der Waals surface area contributed by atoms with Crippen molar-refractivity contribution in [2.75, 3.05) is 27.2 Å². The topological polar surface area (TPSA) is 15.3 Å². The Morgan fingerprint density at radius 3 is 2.00 bits per heavy atom. The van der Waals surface area contributed by atoms with Crippen LogP contribution in [0.3, 0.4) is 0 Å². The normalized spacial score (nSPS) is 25.9. The number of nitrogens with one attached hydrogen (secondary N) is 1. The Balaban J connectivity index is 2.30. The molecule has 0 amide bonds. The van der Waals surface area contributed by atoms with Crippen molar-refractivity contribution in [3.05, 3.63) is 0 Å². The molecule has 0 aromatic heterocycles. The fourth-order valence-corrected chi connectivity index (χ4v) is 2.96. The van der Waals surface area contributed by atoms with Crippen LogP contribution in [-0.4, -0.2) is 44.3 Å². The molecule has 0 bridgehead atoms. The molecule has 0 atom stereocenters. The molecule has 5 heteroatoms. The highest BCUT2D eigenvalue weighted by Crippen LogP contribution is 2.37. The Bertz CT molecular complexity index is 266. The molecule has 0 aliphatic heterocycles. The van der Waals surface area contributed by atoms with Crippen LogP contribution in [0.25, 0.3) is 0 Å². The van der Waals surface area contributed by atoms with Gasteiger partial charge in [0.15, 0.2) is 0 Å². The van der Waals surface area contributed by atoms with Gasteiger partial charge in [-0.15, -0.1) is 0 Å². The number of hydrogen-bond donors (Lipinski definition) is 1. The lowest BCUT2D eigenvalue weighted by Crippen LogP contribution is -2.43. The first-order valence-electron chi connectivity index (χ1n) is 7.05. The van der Waals surface area contributed by atoms with Crippen molar-refractivity contribution in [1.29, 1.82) is 0 Å². The van der Waals surface area contributed by atoms with Gasteiger partial charge in [-0.2, -0.15) is 13.2 Å². The van der Waals surface area contributed by atoms with Crippen molar-refractivity contribution in [3.8, 4) is 0 Å². The molecular formula is C14H27F3N2. The van der Waals surface area contributed by atoms with Crippen molar-refractivity contribution in [3.63, 3.8) is 0 Å². The number of hydrogen-bond acceptors (Lipinski definition) is 2. The molecular weight excluding hydrogens is 253 g/mol. The second kappa shape index (κ2) is 6.44. The minimum Gasteiger partial charge on any atom is -0.313 e. The van der Waals surface area contributed by atoms with E-state index in [4.69, 9.17) is 0 Å². The first-order chi connectivity index (χ1) is 8.60. The first kappa shape index (κ1) is 16.8. The van der Waals surface area contributed by atoms with Gasteiger partial charge in [-0.3, -0.25) is 0 Å². The number of nitrogens with zero attached hydrogens (tertiary/aromatic N) is 1. The van der Waals surface area contributed by atoms with Crippen LogP contribution in [-0.2, 0) is 0 Å². The Kier molecular flexibility index (Phi) is 5.68. The van der Waals surface area contributed by atoms with Gasteiger partial charge in [-0.25, -0.2) is 0 Å². The lowest BCUT2D eigenvalue weighted by atomic mass is 9.84. The van der Waals surface area contributed by atoms with E-state index in [1.54, 1.807) is 0 Å². The Hall–Kier alpha value is -0.290. The second-order valence-electron chi connectivity index (χ2n) is 6.87. The lowest BCUT2D eigenvalue weighted by Gasteiger charge is -2.34. The molecule has 2 nitrogen and oxygen atoms in total. The molecule has 19 heavy (non-hydrogen) atoms. The van der Waals surface area contributed by atoms with E-state index >= 15 is 0 Å². The van der Waals surface area contributed by atoms with Crippen LogP contribution in [0, 0.1) is 11.3 Å². The molecule has 0 heterocycles. The fraction of sp³-hybridized carbons (Fsp3) is 1.00. The summed E-state index contributed by atoms with van der Waals surface area (Å²) in [7, 11) is 4.08. The average molecular weight is 280 g/mol. The lowest BCUT2D eigenvalue weighted by molar-refractivity contribution is -0.182. The van der Waals surface area contributed by atoms with Crippen LogP contribution < -0.4 is 5.32 Å². The van der Waals surface area contributed by atoms with Gasteiger partial charge in [0, 0.05) is 19.1 Å².